The van der Waals surface area contributed by atoms with Gasteiger partial charge < -0.3 is 4.74 Å². The molecule has 0 fully saturated rings. The Morgan fingerprint density at radius 2 is 2.00 bits per heavy atom. The number of carbonyl (C=O) groups is 2. The first kappa shape index (κ1) is 14.4. The molecule has 0 aliphatic heterocycles. The van der Waals surface area contributed by atoms with Gasteiger partial charge in [0, 0.05) is 0 Å². The predicted octanol–water partition coefficient (Wildman–Crippen LogP) is 3.60. The Morgan fingerprint density at radius 1 is 1.30 bits per heavy atom. The molecule has 5 heteroatoms. The standard InChI is InChI=1S/C15H13FO3S/c1-3-19-15(18)14-9(2)8-12(20-14)13(17)10-6-4-5-7-11(10)16/h4-8H,3H2,1-2H3. The smallest absolute Gasteiger partial charge is 0.348 e. The molecule has 0 bridgehead atoms. The molecule has 0 saturated carbocycles. The summed E-state index contributed by atoms with van der Waals surface area (Å²) in [7, 11) is 0. The third-order valence-corrected chi connectivity index (χ3v) is 3.94. The van der Waals surface area contributed by atoms with Gasteiger partial charge in [-0.25, -0.2) is 9.18 Å². The lowest BCUT2D eigenvalue weighted by atomic mass is 10.1. The summed E-state index contributed by atoms with van der Waals surface area (Å²) >= 11 is 1.03. The Hall–Kier alpha value is -2.01. The number of carbonyl (C=O) groups excluding carboxylic acids is 2. The molecule has 1 aromatic heterocycles. The van der Waals surface area contributed by atoms with Gasteiger partial charge in [0.25, 0.3) is 0 Å². The van der Waals surface area contributed by atoms with E-state index in [1.165, 1.54) is 18.2 Å². The minimum atomic E-state index is -0.568. The largest absolute Gasteiger partial charge is 0.462 e. The second-order valence-electron chi connectivity index (χ2n) is 4.15. The molecule has 0 saturated heterocycles. The average Bonchev–Trinajstić information content (AvgIpc) is 2.81. The maximum absolute atomic E-state index is 13.6. The Labute approximate surface area is 120 Å². The van der Waals surface area contributed by atoms with Crippen molar-refractivity contribution in [2.75, 3.05) is 6.61 Å². The maximum Gasteiger partial charge on any atom is 0.348 e. The molecule has 20 heavy (non-hydrogen) atoms. The molecular formula is C15H13FO3S. The summed E-state index contributed by atoms with van der Waals surface area (Å²) in [6, 6.07) is 7.38. The van der Waals surface area contributed by atoms with Crippen molar-refractivity contribution < 1.29 is 18.7 Å². The lowest BCUT2D eigenvalue weighted by molar-refractivity contribution is 0.0531. The second-order valence-corrected chi connectivity index (χ2v) is 5.20. The van der Waals surface area contributed by atoms with E-state index in [1.54, 1.807) is 26.0 Å². The molecule has 0 aliphatic rings. The number of aryl methyl sites for hydroxylation is 1. The van der Waals surface area contributed by atoms with Crippen molar-refractivity contribution in [1.82, 2.24) is 0 Å². The maximum atomic E-state index is 13.6. The fourth-order valence-electron chi connectivity index (χ4n) is 1.77. The van der Waals surface area contributed by atoms with Crippen LogP contribution in [0.15, 0.2) is 30.3 Å². The Kier molecular flexibility index (Phi) is 4.29. The third kappa shape index (κ3) is 2.77. The van der Waals surface area contributed by atoms with Crippen molar-refractivity contribution in [2.24, 2.45) is 0 Å². The van der Waals surface area contributed by atoms with Gasteiger partial charge in [-0.3, -0.25) is 4.79 Å². The first-order valence-corrected chi connectivity index (χ1v) is 6.93. The Balaban J connectivity index is 2.35. The van der Waals surface area contributed by atoms with Crippen LogP contribution in [0, 0.1) is 12.7 Å². The van der Waals surface area contributed by atoms with Crippen LogP contribution in [0.25, 0.3) is 0 Å². The minimum absolute atomic E-state index is 0.00385. The highest BCUT2D eigenvalue weighted by Gasteiger charge is 2.20. The zero-order valence-electron chi connectivity index (χ0n) is 11.1. The van der Waals surface area contributed by atoms with Crippen LogP contribution in [-0.4, -0.2) is 18.4 Å². The normalized spacial score (nSPS) is 10.3. The van der Waals surface area contributed by atoms with Gasteiger partial charge in [0.2, 0.25) is 5.78 Å². The van der Waals surface area contributed by atoms with Crippen LogP contribution in [0.4, 0.5) is 4.39 Å². The van der Waals surface area contributed by atoms with Gasteiger partial charge in [0.05, 0.1) is 17.0 Å². The summed E-state index contributed by atoms with van der Waals surface area (Å²) in [4.78, 5) is 24.6. The monoisotopic (exact) mass is 292 g/mol. The van der Waals surface area contributed by atoms with Crippen LogP contribution in [0.1, 0.15) is 37.4 Å². The summed E-state index contributed by atoms with van der Waals surface area (Å²) in [5.74, 6) is -1.45. The van der Waals surface area contributed by atoms with E-state index in [1.807, 2.05) is 0 Å². The van der Waals surface area contributed by atoms with Gasteiger partial charge in [0.1, 0.15) is 10.7 Å². The summed E-state index contributed by atoms with van der Waals surface area (Å²) in [6.07, 6.45) is 0. The molecule has 0 unspecified atom stereocenters. The molecule has 1 aromatic carbocycles. The Bertz CT molecular complexity index is 661. The van der Waals surface area contributed by atoms with Crippen LogP contribution in [0.3, 0.4) is 0 Å². The molecule has 0 amide bonds. The molecule has 1 heterocycles. The number of thiophene rings is 1. The van der Waals surface area contributed by atoms with E-state index in [0.717, 1.165) is 11.3 Å². The molecule has 2 rings (SSSR count). The van der Waals surface area contributed by atoms with Gasteiger partial charge >= 0.3 is 5.97 Å². The van der Waals surface area contributed by atoms with E-state index in [2.05, 4.69) is 0 Å². The van der Waals surface area contributed by atoms with Gasteiger partial charge in [-0.05, 0) is 37.6 Å². The molecule has 104 valence electrons. The topological polar surface area (TPSA) is 43.4 Å². The number of hydrogen-bond donors (Lipinski definition) is 0. The van der Waals surface area contributed by atoms with E-state index < -0.39 is 17.6 Å². The number of ketones is 1. The zero-order chi connectivity index (χ0) is 14.7. The number of halogens is 1. The van der Waals surface area contributed by atoms with E-state index in [9.17, 15) is 14.0 Å². The number of ether oxygens (including phenoxy) is 1. The first-order valence-electron chi connectivity index (χ1n) is 6.11. The SMILES string of the molecule is CCOC(=O)c1sc(C(=O)c2ccccc2F)cc1C. The van der Waals surface area contributed by atoms with Crippen LogP contribution < -0.4 is 0 Å². The lowest BCUT2D eigenvalue weighted by Gasteiger charge is -2.00. The van der Waals surface area contributed by atoms with Crippen molar-refractivity contribution in [1.29, 1.82) is 0 Å². The predicted molar refractivity (Wildman–Crippen MR) is 74.8 cm³/mol. The highest BCUT2D eigenvalue weighted by molar-refractivity contribution is 7.16. The van der Waals surface area contributed by atoms with E-state index in [-0.39, 0.29) is 12.2 Å². The van der Waals surface area contributed by atoms with E-state index >= 15 is 0 Å². The molecule has 0 radical (unpaired) electrons. The number of esters is 1. The summed E-state index contributed by atoms with van der Waals surface area (Å²) < 4.78 is 18.5. The quantitative estimate of drug-likeness (QED) is 0.638. The minimum Gasteiger partial charge on any atom is -0.462 e. The van der Waals surface area contributed by atoms with Crippen molar-refractivity contribution in [3.63, 3.8) is 0 Å². The van der Waals surface area contributed by atoms with Crippen LogP contribution >= 0.6 is 11.3 Å². The van der Waals surface area contributed by atoms with Crippen molar-refractivity contribution in [2.45, 2.75) is 13.8 Å². The molecule has 2 aromatic rings. The van der Waals surface area contributed by atoms with Crippen LogP contribution in [0.2, 0.25) is 0 Å². The van der Waals surface area contributed by atoms with Crippen LogP contribution in [-0.2, 0) is 4.74 Å². The average molecular weight is 292 g/mol. The summed E-state index contributed by atoms with van der Waals surface area (Å²) in [5.41, 5.74) is 0.664. The van der Waals surface area contributed by atoms with Crippen molar-refractivity contribution in [3.05, 3.63) is 57.0 Å². The third-order valence-electron chi connectivity index (χ3n) is 2.72. The molecule has 0 aliphatic carbocycles. The molecule has 0 atom stereocenters. The molecule has 3 nitrogen and oxygen atoms in total. The first-order chi connectivity index (χ1) is 9.54. The van der Waals surface area contributed by atoms with Crippen molar-refractivity contribution >= 4 is 23.1 Å². The lowest BCUT2D eigenvalue weighted by Crippen LogP contribution is -2.03. The molecular weight excluding hydrogens is 279 g/mol. The highest BCUT2D eigenvalue weighted by atomic mass is 32.1. The summed E-state index contributed by atoms with van der Waals surface area (Å²) in [6.45, 7) is 3.71. The highest BCUT2D eigenvalue weighted by Crippen LogP contribution is 2.25. The number of hydrogen-bond acceptors (Lipinski definition) is 4. The van der Waals surface area contributed by atoms with E-state index in [0.29, 0.717) is 15.3 Å². The fourth-order valence-corrected chi connectivity index (χ4v) is 2.79. The number of benzene rings is 1. The Morgan fingerprint density at radius 3 is 2.65 bits per heavy atom. The second kappa shape index (κ2) is 5.96. The van der Waals surface area contributed by atoms with Gasteiger partial charge in [-0.1, -0.05) is 12.1 Å². The summed E-state index contributed by atoms with van der Waals surface area (Å²) in [5, 5.41) is 0. The van der Waals surface area contributed by atoms with Gasteiger partial charge in [-0.2, -0.15) is 0 Å². The number of rotatable bonds is 4. The van der Waals surface area contributed by atoms with Gasteiger partial charge in [-0.15, -0.1) is 11.3 Å². The zero-order valence-corrected chi connectivity index (χ0v) is 11.9. The van der Waals surface area contributed by atoms with Crippen molar-refractivity contribution in [3.8, 4) is 0 Å². The van der Waals surface area contributed by atoms with Crippen LogP contribution in [0.5, 0.6) is 0 Å². The van der Waals surface area contributed by atoms with Gasteiger partial charge in [0.15, 0.2) is 0 Å². The fraction of sp³-hybridized carbons (Fsp3) is 0.200. The molecule has 0 spiro atoms. The van der Waals surface area contributed by atoms with E-state index in [4.69, 9.17) is 4.74 Å². The molecule has 0 N–H and O–H groups in total.